The number of fused-ring (bicyclic) bond motifs is 2. The number of aromatic amines is 2. The van der Waals surface area contributed by atoms with Crippen LogP contribution in [0.4, 0.5) is 0 Å². The summed E-state index contributed by atoms with van der Waals surface area (Å²) in [6, 6.07) is 15.4. The van der Waals surface area contributed by atoms with Gasteiger partial charge in [-0.2, -0.15) is 30.8 Å². The molecular formula is C14H16N6. The highest BCUT2D eigenvalue weighted by Crippen LogP contribution is 2.04. The molecule has 0 fully saturated rings. The van der Waals surface area contributed by atoms with E-state index in [1.54, 1.807) is 0 Å². The molecule has 0 radical (unpaired) electrons. The number of benzene rings is 2. The van der Waals surface area contributed by atoms with E-state index < -0.39 is 0 Å². The molecule has 2 aromatic heterocycles. The van der Waals surface area contributed by atoms with Crippen LogP contribution in [-0.4, -0.2) is 30.8 Å². The van der Waals surface area contributed by atoms with E-state index in [2.05, 4.69) is 30.8 Å². The first-order valence-corrected chi connectivity index (χ1v) is 6.44. The van der Waals surface area contributed by atoms with E-state index in [1.165, 1.54) is 0 Å². The summed E-state index contributed by atoms with van der Waals surface area (Å²) in [5.74, 6) is 0. The molecule has 102 valence electrons. The maximum absolute atomic E-state index is 3.88. The van der Waals surface area contributed by atoms with Crippen molar-refractivity contribution in [2.24, 2.45) is 0 Å². The Bertz CT molecular complexity index is 632. The first kappa shape index (κ1) is 13.7. The van der Waals surface area contributed by atoms with Crippen molar-refractivity contribution in [3.63, 3.8) is 0 Å². The van der Waals surface area contributed by atoms with E-state index in [0.717, 1.165) is 22.1 Å². The van der Waals surface area contributed by atoms with Gasteiger partial charge in [-0.15, -0.1) is 0 Å². The van der Waals surface area contributed by atoms with Crippen molar-refractivity contribution in [1.29, 1.82) is 0 Å². The third-order valence-corrected chi connectivity index (χ3v) is 2.45. The molecule has 0 saturated heterocycles. The molecule has 0 aliphatic heterocycles. The molecule has 0 unspecified atom stereocenters. The molecule has 4 aromatic rings. The summed E-state index contributed by atoms with van der Waals surface area (Å²) in [4.78, 5) is 0. The maximum atomic E-state index is 3.88. The molecule has 0 saturated carbocycles. The number of aromatic nitrogens is 6. The zero-order valence-electron chi connectivity index (χ0n) is 11.4. The number of hydrogen-bond acceptors (Lipinski definition) is 4. The van der Waals surface area contributed by atoms with Crippen LogP contribution in [0.2, 0.25) is 0 Å². The fourth-order valence-corrected chi connectivity index (χ4v) is 1.57. The molecule has 0 amide bonds. The predicted molar refractivity (Wildman–Crippen MR) is 79.1 cm³/mol. The number of H-pyrrole nitrogens is 2. The van der Waals surface area contributed by atoms with Gasteiger partial charge < -0.3 is 0 Å². The summed E-state index contributed by atoms with van der Waals surface area (Å²) in [7, 11) is 0. The van der Waals surface area contributed by atoms with Gasteiger partial charge >= 0.3 is 0 Å². The van der Waals surface area contributed by atoms with E-state index in [9.17, 15) is 0 Å². The molecule has 4 rings (SSSR count). The molecule has 6 heteroatoms. The van der Waals surface area contributed by atoms with Crippen LogP contribution in [0, 0.1) is 0 Å². The summed E-state index contributed by atoms with van der Waals surface area (Å²) in [5.41, 5.74) is 3.66. The van der Waals surface area contributed by atoms with Crippen LogP contribution in [0.15, 0.2) is 48.5 Å². The Morgan fingerprint density at radius 3 is 1.05 bits per heavy atom. The molecular weight excluding hydrogens is 252 g/mol. The fraction of sp³-hybridized carbons (Fsp3) is 0.143. The fourth-order valence-electron chi connectivity index (χ4n) is 1.57. The third kappa shape index (κ3) is 3.17. The number of rotatable bonds is 0. The summed E-state index contributed by atoms with van der Waals surface area (Å²) >= 11 is 0. The van der Waals surface area contributed by atoms with Crippen molar-refractivity contribution in [3.8, 4) is 0 Å². The smallest absolute Gasteiger partial charge is 0.112 e. The molecule has 2 aromatic carbocycles. The molecule has 2 N–H and O–H groups in total. The molecule has 0 atom stereocenters. The van der Waals surface area contributed by atoms with Crippen molar-refractivity contribution in [2.75, 3.05) is 0 Å². The second-order valence-corrected chi connectivity index (χ2v) is 3.62. The minimum Gasteiger partial charge on any atom is -0.197 e. The predicted octanol–water partition coefficient (Wildman–Crippen LogP) is 2.94. The summed E-state index contributed by atoms with van der Waals surface area (Å²) in [6.07, 6.45) is 0. The first-order chi connectivity index (χ1) is 9.93. The van der Waals surface area contributed by atoms with Gasteiger partial charge in [0.25, 0.3) is 0 Å². The Balaban J connectivity index is 0.000000131. The van der Waals surface area contributed by atoms with Crippen LogP contribution in [0.3, 0.4) is 0 Å². The van der Waals surface area contributed by atoms with Gasteiger partial charge in [0.05, 0.1) is 0 Å². The van der Waals surface area contributed by atoms with Gasteiger partial charge in [-0.05, 0) is 24.3 Å². The molecule has 20 heavy (non-hydrogen) atoms. The van der Waals surface area contributed by atoms with Crippen molar-refractivity contribution in [2.45, 2.75) is 13.8 Å². The Labute approximate surface area is 116 Å². The number of hydrogen-bond donors (Lipinski definition) is 2. The lowest BCUT2D eigenvalue weighted by molar-refractivity contribution is 0.959. The lowest BCUT2D eigenvalue weighted by Crippen LogP contribution is -1.63. The number of para-hydroxylation sites is 4. The monoisotopic (exact) mass is 268 g/mol. The standard InChI is InChI=1S/2C6H5N3.C2H6/c2*1-2-4-6-5(3-1)7-9-8-6;1-2/h2*1-4H,(H,7,8,9);1-2H3. The van der Waals surface area contributed by atoms with Crippen LogP contribution in [0.25, 0.3) is 22.1 Å². The minimum absolute atomic E-state index is 0.914. The summed E-state index contributed by atoms with van der Waals surface area (Å²) < 4.78 is 0. The highest BCUT2D eigenvalue weighted by atomic mass is 15.3. The molecule has 0 aliphatic carbocycles. The summed E-state index contributed by atoms with van der Waals surface area (Å²) in [5, 5.41) is 20.6. The number of nitrogens with zero attached hydrogens (tertiary/aromatic N) is 4. The van der Waals surface area contributed by atoms with Gasteiger partial charge in [0.1, 0.15) is 22.1 Å². The summed E-state index contributed by atoms with van der Waals surface area (Å²) in [6.45, 7) is 4.00. The minimum atomic E-state index is 0.914. The molecule has 2 heterocycles. The largest absolute Gasteiger partial charge is 0.197 e. The average Bonchev–Trinajstić information content (AvgIpc) is 3.18. The van der Waals surface area contributed by atoms with Crippen molar-refractivity contribution >= 4 is 22.1 Å². The SMILES string of the molecule is CC.c1ccc2n[nH]nc2c1.c1ccc2n[nH]nc2c1. The van der Waals surface area contributed by atoms with Gasteiger partial charge in [-0.3, -0.25) is 0 Å². The van der Waals surface area contributed by atoms with Gasteiger partial charge in [0.15, 0.2) is 0 Å². The van der Waals surface area contributed by atoms with Crippen LogP contribution >= 0.6 is 0 Å². The number of nitrogens with one attached hydrogen (secondary N) is 2. The van der Waals surface area contributed by atoms with Crippen LogP contribution < -0.4 is 0 Å². The van der Waals surface area contributed by atoms with Crippen LogP contribution in [-0.2, 0) is 0 Å². The lowest BCUT2D eigenvalue weighted by Gasteiger charge is -1.78. The second kappa shape index (κ2) is 6.98. The molecule has 6 nitrogen and oxygen atoms in total. The van der Waals surface area contributed by atoms with E-state index in [-0.39, 0.29) is 0 Å². The normalized spacial score (nSPS) is 9.50. The highest BCUT2D eigenvalue weighted by Gasteiger charge is 1.91. The van der Waals surface area contributed by atoms with Crippen molar-refractivity contribution < 1.29 is 0 Å². The molecule has 0 bridgehead atoms. The third-order valence-electron chi connectivity index (χ3n) is 2.45. The van der Waals surface area contributed by atoms with E-state index >= 15 is 0 Å². The van der Waals surface area contributed by atoms with Crippen LogP contribution in [0.5, 0.6) is 0 Å². The van der Waals surface area contributed by atoms with Crippen molar-refractivity contribution in [3.05, 3.63) is 48.5 Å². The maximum Gasteiger partial charge on any atom is 0.112 e. The van der Waals surface area contributed by atoms with E-state index in [4.69, 9.17) is 0 Å². The molecule has 0 spiro atoms. The van der Waals surface area contributed by atoms with Crippen molar-refractivity contribution in [1.82, 2.24) is 30.8 Å². The lowest BCUT2D eigenvalue weighted by atomic mass is 10.3. The Kier molecular flexibility index (Phi) is 4.77. The topological polar surface area (TPSA) is 83.1 Å². The molecule has 0 aliphatic rings. The van der Waals surface area contributed by atoms with Gasteiger partial charge in [0, 0.05) is 0 Å². The zero-order chi connectivity index (χ0) is 14.2. The Morgan fingerprint density at radius 1 is 0.550 bits per heavy atom. The van der Waals surface area contributed by atoms with Crippen LogP contribution in [0.1, 0.15) is 13.8 Å². The van der Waals surface area contributed by atoms with Gasteiger partial charge in [-0.1, -0.05) is 38.1 Å². The quantitative estimate of drug-likeness (QED) is 0.513. The van der Waals surface area contributed by atoms with E-state index in [0.29, 0.717) is 0 Å². The van der Waals surface area contributed by atoms with Gasteiger partial charge in [0.2, 0.25) is 0 Å². The Morgan fingerprint density at radius 2 is 0.800 bits per heavy atom. The average molecular weight is 268 g/mol. The zero-order valence-corrected chi connectivity index (χ0v) is 11.4. The van der Waals surface area contributed by atoms with E-state index in [1.807, 2.05) is 62.4 Å². The Hall–Kier alpha value is -2.76. The van der Waals surface area contributed by atoms with Gasteiger partial charge in [-0.25, -0.2) is 0 Å². The highest BCUT2D eigenvalue weighted by molar-refractivity contribution is 5.73. The second-order valence-electron chi connectivity index (χ2n) is 3.62. The first-order valence-electron chi connectivity index (χ1n) is 6.44.